The normalized spacial score (nSPS) is 12.5. The van der Waals surface area contributed by atoms with Gasteiger partial charge in [-0.3, -0.25) is 0 Å². The summed E-state index contributed by atoms with van der Waals surface area (Å²) in [6.45, 7) is 6.06. The zero-order chi connectivity index (χ0) is 14.0. The van der Waals surface area contributed by atoms with Crippen LogP contribution in [0.3, 0.4) is 0 Å². The first-order valence-corrected chi connectivity index (χ1v) is 7.97. The maximum absolute atomic E-state index is 11.1. The van der Waals surface area contributed by atoms with E-state index in [0.717, 1.165) is 10.2 Å². The highest BCUT2D eigenvalue weighted by atomic mass is 79.9. The average molecular weight is 336 g/mol. The lowest BCUT2D eigenvalue weighted by atomic mass is 9.96. The third-order valence-corrected chi connectivity index (χ3v) is 3.90. The third kappa shape index (κ3) is 5.79. The standard InChI is InChI=1S/C11H18BrN3O2S/c1-8-4-9(12)5-10(15-8)14-6-11(2,3)7-18(13,16)17/h4-5H,6-7H2,1-3H3,(H,14,15)(H2,13,16,17). The summed E-state index contributed by atoms with van der Waals surface area (Å²) < 4.78 is 23.1. The Balaban J connectivity index is 2.69. The molecule has 0 fully saturated rings. The summed E-state index contributed by atoms with van der Waals surface area (Å²) >= 11 is 3.39. The van der Waals surface area contributed by atoms with E-state index in [4.69, 9.17) is 5.14 Å². The molecule has 0 aliphatic rings. The van der Waals surface area contributed by atoms with Crippen LogP contribution in [0, 0.1) is 12.3 Å². The van der Waals surface area contributed by atoms with Crippen molar-refractivity contribution in [3.05, 3.63) is 22.3 Å². The second-order valence-corrected chi connectivity index (χ2v) is 7.67. The number of hydrogen-bond acceptors (Lipinski definition) is 4. The SMILES string of the molecule is Cc1cc(Br)cc(NCC(C)(C)CS(N)(=O)=O)n1. The van der Waals surface area contributed by atoms with Crippen LogP contribution in [-0.2, 0) is 10.0 Å². The van der Waals surface area contributed by atoms with E-state index in [1.165, 1.54) is 0 Å². The number of nitrogens with zero attached hydrogens (tertiary/aromatic N) is 1. The minimum atomic E-state index is -3.47. The second-order valence-electron chi connectivity index (χ2n) is 5.14. The lowest BCUT2D eigenvalue weighted by Gasteiger charge is -2.24. The predicted molar refractivity (Wildman–Crippen MR) is 76.9 cm³/mol. The van der Waals surface area contributed by atoms with Gasteiger partial charge in [0.1, 0.15) is 5.82 Å². The number of anilines is 1. The number of aryl methyl sites for hydroxylation is 1. The predicted octanol–water partition coefficient (Wildman–Crippen LogP) is 1.88. The van der Waals surface area contributed by atoms with Gasteiger partial charge in [-0.05, 0) is 24.5 Å². The van der Waals surface area contributed by atoms with Crippen molar-refractivity contribution < 1.29 is 8.42 Å². The van der Waals surface area contributed by atoms with E-state index in [2.05, 4.69) is 26.2 Å². The number of halogens is 1. The van der Waals surface area contributed by atoms with Crippen LogP contribution in [0.2, 0.25) is 0 Å². The number of nitrogens with two attached hydrogens (primary N) is 1. The smallest absolute Gasteiger partial charge is 0.209 e. The Bertz CT molecular complexity index is 509. The number of primary sulfonamides is 1. The van der Waals surface area contributed by atoms with E-state index in [1.807, 2.05) is 32.9 Å². The first-order valence-electron chi connectivity index (χ1n) is 5.46. The van der Waals surface area contributed by atoms with E-state index in [-0.39, 0.29) is 5.75 Å². The Morgan fingerprint density at radius 2 is 2.06 bits per heavy atom. The van der Waals surface area contributed by atoms with Crippen molar-refractivity contribution in [2.45, 2.75) is 20.8 Å². The maximum atomic E-state index is 11.1. The highest BCUT2D eigenvalue weighted by molar-refractivity contribution is 9.10. The number of sulfonamides is 1. The Morgan fingerprint density at radius 3 is 2.56 bits per heavy atom. The molecule has 0 bridgehead atoms. The molecular formula is C11H18BrN3O2S. The third-order valence-electron chi connectivity index (χ3n) is 2.26. The van der Waals surface area contributed by atoms with Crippen LogP contribution < -0.4 is 10.5 Å². The Morgan fingerprint density at radius 1 is 1.44 bits per heavy atom. The topological polar surface area (TPSA) is 85.1 Å². The molecule has 0 aliphatic heterocycles. The van der Waals surface area contributed by atoms with Crippen LogP contribution in [0.4, 0.5) is 5.82 Å². The fourth-order valence-electron chi connectivity index (χ4n) is 1.64. The number of pyridine rings is 1. The van der Waals surface area contributed by atoms with Gasteiger partial charge in [-0.1, -0.05) is 29.8 Å². The molecule has 18 heavy (non-hydrogen) atoms. The van der Waals surface area contributed by atoms with Crippen LogP contribution in [-0.4, -0.2) is 25.7 Å². The Kier molecular flexibility index (Phi) is 4.74. The summed E-state index contributed by atoms with van der Waals surface area (Å²) in [6, 6.07) is 3.75. The van der Waals surface area contributed by atoms with Crippen LogP contribution >= 0.6 is 15.9 Å². The zero-order valence-electron chi connectivity index (χ0n) is 10.7. The molecule has 3 N–H and O–H groups in total. The van der Waals surface area contributed by atoms with E-state index in [1.54, 1.807) is 0 Å². The summed E-state index contributed by atoms with van der Waals surface area (Å²) in [5.74, 6) is 0.643. The largest absolute Gasteiger partial charge is 0.369 e. The fourth-order valence-corrected chi connectivity index (χ4v) is 3.38. The highest BCUT2D eigenvalue weighted by Gasteiger charge is 2.23. The summed E-state index contributed by atoms with van der Waals surface area (Å²) in [5, 5.41) is 8.19. The molecule has 7 heteroatoms. The van der Waals surface area contributed by atoms with E-state index in [9.17, 15) is 8.42 Å². The van der Waals surface area contributed by atoms with Gasteiger partial charge in [-0.15, -0.1) is 0 Å². The zero-order valence-corrected chi connectivity index (χ0v) is 13.1. The molecule has 1 rings (SSSR count). The molecule has 0 atom stereocenters. The molecule has 1 aromatic rings. The summed E-state index contributed by atoms with van der Waals surface area (Å²) in [5.41, 5.74) is 0.432. The molecule has 0 saturated heterocycles. The second kappa shape index (κ2) is 5.54. The number of nitrogens with one attached hydrogen (secondary N) is 1. The van der Waals surface area contributed by atoms with Crippen LogP contribution in [0.5, 0.6) is 0 Å². The number of aromatic nitrogens is 1. The lowest BCUT2D eigenvalue weighted by molar-refractivity contribution is 0.438. The van der Waals surface area contributed by atoms with Crippen molar-refractivity contribution in [2.75, 3.05) is 17.6 Å². The lowest BCUT2D eigenvalue weighted by Crippen LogP contribution is -2.34. The molecule has 0 saturated carbocycles. The number of rotatable bonds is 5. The molecule has 0 radical (unpaired) electrons. The Labute approximate surface area is 116 Å². The molecule has 0 spiro atoms. The van der Waals surface area contributed by atoms with Crippen molar-refractivity contribution in [1.29, 1.82) is 0 Å². The summed E-state index contributed by atoms with van der Waals surface area (Å²) in [6.07, 6.45) is 0. The average Bonchev–Trinajstić information content (AvgIpc) is 2.09. The Hall–Kier alpha value is -0.660. The minimum Gasteiger partial charge on any atom is -0.369 e. The van der Waals surface area contributed by atoms with E-state index in [0.29, 0.717) is 12.4 Å². The van der Waals surface area contributed by atoms with Crippen molar-refractivity contribution in [2.24, 2.45) is 10.6 Å². The molecule has 0 amide bonds. The van der Waals surface area contributed by atoms with Gasteiger partial charge in [-0.2, -0.15) is 0 Å². The molecule has 0 aromatic carbocycles. The molecule has 1 aromatic heterocycles. The van der Waals surface area contributed by atoms with Crippen LogP contribution in [0.25, 0.3) is 0 Å². The van der Waals surface area contributed by atoms with Gasteiger partial charge in [0.05, 0.1) is 5.75 Å². The van der Waals surface area contributed by atoms with Gasteiger partial charge in [0.2, 0.25) is 10.0 Å². The quantitative estimate of drug-likeness (QED) is 0.860. The molecule has 5 nitrogen and oxygen atoms in total. The van der Waals surface area contributed by atoms with Crippen LogP contribution in [0.15, 0.2) is 16.6 Å². The summed E-state index contributed by atoms with van der Waals surface area (Å²) in [7, 11) is -3.47. The van der Waals surface area contributed by atoms with Crippen molar-refractivity contribution in [3.63, 3.8) is 0 Å². The monoisotopic (exact) mass is 335 g/mol. The fraction of sp³-hybridized carbons (Fsp3) is 0.545. The molecule has 0 aliphatic carbocycles. The van der Waals surface area contributed by atoms with E-state index < -0.39 is 15.4 Å². The first kappa shape index (κ1) is 15.4. The van der Waals surface area contributed by atoms with Gasteiger partial charge in [0.15, 0.2) is 0 Å². The van der Waals surface area contributed by atoms with Crippen LogP contribution in [0.1, 0.15) is 19.5 Å². The van der Waals surface area contributed by atoms with E-state index >= 15 is 0 Å². The van der Waals surface area contributed by atoms with Crippen molar-refractivity contribution >= 4 is 31.8 Å². The maximum Gasteiger partial charge on any atom is 0.209 e. The first-order chi connectivity index (χ1) is 8.07. The van der Waals surface area contributed by atoms with Gasteiger partial charge < -0.3 is 5.32 Å². The van der Waals surface area contributed by atoms with Crippen molar-refractivity contribution in [1.82, 2.24) is 4.98 Å². The molecular weight excluding hydrogens is 318 g/mol. The summed E-state index contributed by atoms with van der Waals surface area (Å²) in [4.78, 5) is 4.31. The highest BCUT2D eigenvalue weighted by Crippen LogP contribution is 2.20. The number of hydrogen-bond donors (Lipinski definition) is 2. The molecule has 1 heterocycles. The van der Waals surface area contributed by atoms with Gasteiger partial charge in [-0.25, -0.2) is 18.5 Å². The van der Waals surface area contributed by atoms with Crippen molar-refractivity contribution in [3.8, 4) is 0 Å². The van der Waals surface area contributed by atoms with Gasteiger partial charge >= 0.3 is 0 Å². The molecule has 102 valence electrons. The molecule has 0 unspecified atom stereocenters. The van der Waals surface area contributed by atoms with Gasteiger partial charge in [0.25, 0.3) is 0 Å². The minimum absolute atomic E-state index is 0.0695. The van der Waals surface area contributed by atoms with Gasteiger partial charge in [0, 0.05) is 16.7 Å².